The van der Waals surface area contributed by atoms with E-state index in [2.05, 4.69) is 0 Å². The monoisotopic (exact) mass is 125 g/mol. The van der Waals surface area contributed by atoms with Gasteiger partial charge in [0.15, 0.2) is 0 Å². The van der Waals surface area contributed by atoms with Gasteiger partial charge < -0.3 is 0 Å². The molecular formula is C4H4F3O. The Hall–Kier alpha value is -0.540. The summed E-state index contributed by atoms with van der Waals surface area (Å²) < 4.78 is 33.6. The van der Waals surface area contributed by atoms with Crippen molar-refractivity contribution >= 4 is 6.29 Å². The van der Waals surface area contributed by atoms with Crippen LogP contribution in [0.3, 0.4) is 0 Å². The van der Waals surface area contributed by atoms with Crippen LogP contribution in [0.2, 0.25) is 0 Å². The van der Waals surface area contributed by atoms with Crippen LogP contribution in [-0.4, -0.2) is 12.5 Å². The lowest BCUT2D eigenvalue weighted by molar-refractivity contribution is -0.150. The van der Waals surface area contributed by atoms with Gasteiger partial charge in [0.05, 0.1) is 0 Å². The predicted molar refractivity (Wildman–Crippen MR) is 20.9 cm³/mol. The SMILES string of the molecule is C[C@H]([C]=O)C(F)(F)F. The van der Waals surface area contributed by atoms with Crippen LogP contribution in [0.15, 0.2) is 0 Å². The van der Waals surface area contributed by atoms with Crippen LogP contribution < -0.4 is 0 Å². The van der Waals surface area contributed by atoms with E-state index in [1.54, 1.807) is 0 Å². The van der Waals surface area contributed by atoms with E-state index in [-0.39, 0.29) is 0 Å². The predicted octanol–water partition coefficient (Wildman–Crippen LogP) is 1.29. The Balaban J connectivity index is 3.80. The molecule has 1 radical (unpaired) electrons. The van der Waals surface area contributed by atoms with Crippen LogP contribution in [0, 0.1) is 5.92 Å². The van der Waals surface area contributed by atoms with Crippen molar-refractivity contribution in [2.24, 2.45) is 5.92 Å². The van der Waals surface area contributed by atoms with Crippen LogP contribution in [0.25, 0.3) is 0 Å². The highest BCUT2D eigenvalue weighted by Crippen LogP contribution is 2.23. The molecule has 0 heterocycles. The third kappa shape index (κ3) is 1.95. The second-order valence-electron chi connectivity index (χ2n) is 1.38. The fourth-order valence-corrected chi connectivity index (χ4v) is 0.0668. The summed E-state index contributed by atoms with van der Waals surface area (Å²) in [5, 5.41) is 0. The average Bonchev–Trinajstić information content (AvgIpc) is 1.62. The molecule has 0 saturated carbocycles. The standard InChI is InChI=1S/C4H4F3O/c1-3(2-8)4(5,6)7/h3H,1H3/t3-/m1/s1. The fraction of sp³-hybridized carbons (Fsp3) is 0.750. The highest BCUT2D eigenvalue weighted by atomic mass is 19.4. The molecule has 0 aromatic heterocycles. The van der Waals surface area contributed by atoms with E-state index in [0.717, 1.165) is 13.2 Å². The Labute approximate surface area is 44.5 Å². The van der Waals surface area contributed by atoms with Gasteiger partial charge in [0, 0.05) is 0 Å². The van der Waals surface area contributed by atoms with E-state index >= 15 is 0 Å². The molecule has 0 unspecified atom stereocenters. The largest absolute Gasteiger partial charge is 0.398 e. The van der Waals surface area contributed by atoms with Crippen molar-refractivity contribution in [1.29, 1.82) is 0 Å². The van der Waals surface area contributed by atoms with E-state index in [0.29, 0.717) is 0 Å². The number of carbonyl (C=O) groups excluding carboxylic acids is 1. The quantitative estimate of drug-likeness (QED) is 0.516. The maximum Gasteiger partial charge on any atom is 0.398 e. The van der Waals surface area contributed by atoms with Gasteiger partial charge in [-0.1, -0.05) is 0 Å². The zero-order valence-corrected chi connectivity index (χ0v) is 4.12. The van der Waals surface area contributed by atoms with Gasteiger partial charge in [0.25, 0.3) is 0 Å². The molecule has 0 rings (SSSR count). The number of alkyl halides is 3. The van der Waals surface area contributed by atoms with Gasteiger partial charge in [0.1, 0.15) is 5.92 Å². The van der Waals surface area contributed by atoms with Crippen LogP contribution >= 0.6 is 0 Å². The molecule has 0 bridgehead atoms. The zero-order chi connectivity index (χ0) is 6.78. The molecule has 8 heavy (non-hydrogen) atoms. The van der Waals surface area contributed by atoms with Gasteiger partial charge >= 0.3 is 6.18 Å². The maximum absolute atomic E-state index is 11.2. The first kappa shape index (κ1) is 7.46. The van der Waals surface area contributed by atoms with E-state index in [4.69, 9.17) is 0 Å². The fourth-order valence-electron chi connectivity index (χ4n) is 0.0668. The van der Waals surface area contributed by atoms with Gasteiger partial charge in [-0.25, -0.2) is 0 Å². The van der Waals surface area contributed by atoms with Crippen LogP contribution in [0.1, 0.15) is 6.92 Å². The average molecular weight is 125 g/mol. The molecule has 0 amide bonds. The minimum Gasteiger partial charge on any atom is -0.290 e. The number of rotatable bonds is 1. The molecule has 0 aliphatic rings. The molecule has 47 valence electrons. The molecular weight excluding hydrogens is 121 g/mol. The Morgan fingerprint density at radius 2 is 1.88 bits per heavy atom. The second kappa shape index (κ2) is 2.15. The first-order valence-corrected chi connectivity index (χ1v) is 1.93. The summed E-state index contributed by atoms with van der Waals surface area (Å²) in [4.78, 5) is 9.31. The lowest BCUT2D eigenvalue weighted by Gasteiger charge is -2.05. The third-order valence-corrected chi connectivity index (χ3v) is 0.668. The van der Waals surface area contributed by atoms with Crippen LogP contribution in [0.5, 0.6) is 0 Å². The van der Waals surface area contributed by atoms with Crippen molar-refractivity contribution in [3.8, 4) is 0 Å². The Morgan fingerprint density at radius 3 is 1.88 bits per heavy atom. The van der Waals surface area contributed by atoms with E-state index < -0.39 is 12.1 Å². The molecule has 0 N–H and O–H groups in total. The Morgan fingerprint density at radius 1 is 1.50 bits per heavy atom. The maximum atomic E-state index is 11.2. The van der Waals surface area contributed by atoms with Gasteiger partial charge in [-0.2, -0.15) is 13.2 Å². The lowest BCUT2D eigenvalue weighted by atomic mass is 10.2. The molecule has 1 nitrogen and oxygen atoms in total. The molecule has 0 aliphatic heterocycles. The summed E-state index contributed by atoms with van der Waals surface area (Å²) in [7, 11) is 0. The topological polar surface area (TPSA) is 17.1 Å². The molecule has 1 atom stereocenters. The van der Waals surface area contributed by atoms with Crippen LogP contribution in [-0.2, 0) is 4.79 Å². The molecule has 0 aliphatic carbocycles. The van der Waals surface area contributed by atoms with Crippen molar-refractivity contribution in [2.75, 3.05) is 0 Å². The normalized spacial score (nSPS) is 15.5. The molecule has 0 aromatic carbocycles. The lowest BCUT2D eigenvalue weighted by Crippen LogP contribution is -2.20. The summed E-state index contributed by atoms with van der Waals surface area (Å²) in [5.74, 6) is -1.96. The number of halogens is 3. The minimum atomic E-state index is -4.41. The van der Waals surface area contributed by atoms with Crippen molar-refractivity contribution in [3.63, 3.8) is 0 Å². The van der Waals surface area contributed by atoms with E-state index in [1.807, 2.05) is 0 Å². The molecule has 0 aromatic rings. The second-order valence-corrected chi connectivity index (χ2v) is 1.38. The summed E-state index contributed by atoms with van der Waals surface area (Å²) >= 11 is 0. The molecule has 0 saturated heterocycles. The first-order valence-electron chi connectivity index (χ1n) is 1.93. The highest BCUT2D eigenvalue weighted by molar-refractivity contribution is 5.54. The van der Waals surface area contributed by atoms with E-state index in [1.165, 1.54) is 0 Å². The third-order valence-electron chi connectivity index (χ3n) is 0.668. The molecule has 4 heteroatoms. The number of hydrogen-bond acceptors (Lipinski definition) is 1. The van der Waals surface area contributed by atoms with Crippen LogP contribution in [0.4, 0.5) is 13.2 Å². The summed E-state index contributed by atoms with van der Waals surface area (Å²) in [5.41, 5.74) is 0. The van der Waals surface area contributed by atoms with Crippen molar-refractivity contribution < 1.29 is 18.0 Å². The molecule has 0 spiro atoms. The zero-order valence-electron chi connectivity index (χ0n) is 4.12. The Kier molecular flexibility index (Phi) is 2.01. The van der Waals surface area contributed by atoms with Gasteiger partial charge in [-0.3, -0.25) is 4.79 Å². The van der Waals surface area contributed by atoms with Crippen molar-refractivity contribution in [2.45, 2.75) is 13.1 Å². The summed E-state index contributed by atoms with van der Waals surface area (Å²) in [6, 6.07) is 0. The molecule has 0 fully saturated rings. The van der Waals surface area contributed by atoms with Crippen molar-refractivity contribution in [1.82, 2.24) is 0 Å². The van der Waals surface area contributed by atoms with Gasteiger partial charge in [-0.05, 0) is 6.92 Å². The van der Waals surface area contributed by atoms with Gasteiger partial charge in [-0.15, -0.1) is 0 Å². The first-order chi connectivity index (χ1) is 3.48. The minimum absolute atomic E-state index is 0.757. The smallest absolute Gasteiger partial charge is 0.290 e. The highest BCUT2D eigenvalue weighted by Gasteiger charge is 2.36. The van der Waals surface area contributed by atoms with E-state index in [9.17, 15) is 18.0 Å². The summed E-state index contributed by atoms with van der Waals surface area (Å²) in [6.07, 6.45) is -3.59. The number of hydrogen-bond donors (Lipinski definition) is 0. The Bertz CT molecular complexity index is 85.8. The van der Waals surface area contributed by atoms with Crippen molar-refractivity contribution in [3.05, 3.63) is 0 Å². The summed E-state index contributed by atoms with van der Waals surface area (Å²) in [6.45, 7) is 0.757. The van der Waals surface area contributed by atoms with Gasteiger partial charge in [0.2, 0.25) is 6.29 Å².